The van der Waals surface area contributed by atoms with Gasteiger partial charge in [0.25, 0.3) is 0 Å². The molecule has 0 amide bonds. The van der Waals surface area contributed by atoms with Crippen molar-refractivity contribution in [3.05, 3.63) is 11.3 Å². The van der Waals surface area contributed by atoms with Crippen molar-refractivity contribution in [3.63, 3.8) is 0 Å². The molecule has 88 valence electrons. The van der Waals surface area contributed by atoms with Gasteiger partial charge in [-0.25, -0.2) is 4.68 Å². The van der Waals surface area contributed by atoms with Crippen LogP contribution in [-0.4, -0.2) is 29.5 Å². The van der Waals surface area contributed by atoms with E-state index < -0.39 is 0 Å². The third kappa shape index (κ3) is 1.60. The van der Waals surface area contributed by atoms with E-state index in [4.69, 9.17) is 10.5 Å². The highest BCUT2D eigenvalue weighted by Crippen LogP contribution is 2.28. The van der Waals surface area contributed by atoms with Crippen molar-refractivity contribution in [2.24, 2.45) is 0 Å². The van der Waals surface area contributed by atoms with Crippen molar-refractivity contribution in [2.75, 3.05) is 25.4 Å². The second kappa shape index (κ2) is 4.07. The molecule has 5 heteroatoms. The molecule has 0 radical (unpaired) electrons. The molecule has 0 unspecified atom stereocenters. The van der Waals surface area contributed by atoms with Gasteiger partial charge < -0.3 is 15.8 Å². The number of hydrogen-bond donors (Lipinski definition) is 2. The van der Waals surface area contributed by atoms with Crippen LogP contribution in [0.3, 0.4) is 0 Å². The fourth-order valence-electron chi connectivity index (χ4n) is 2.56. The zero-order chi connectivity index (χ0) is 11.0. The van der Waals surface area contributed by atoms with Gasteiger partial charge in [-0.15, -0.1) is 0 Å². The van der Waals surface area contributed by atoms with Crippen LogP contribution in [0.4, 0.5) is 5.82 Å². The van der Waals surface area contributed by atoms with Gasteiger partial charge in [-0.2, -0.15) is 5.10 Å². The SMILES string of the molecule is Nc1c2c(nn1C1CCNCC1)CCOC2. The first-order chi connectivity index (χ1) is 7.86. The van der Waals surface area contributed by atoms with Gasteiger partial charge in [0.05, 0.1) is 24.9 Å². The predicted octanol–water partition coefficient (Wildman–Crippen LogP) is 0.462. The van der Waals surface area contributed by atoms with E-state index in [0.717, 1.165) is 56.0 Å². The van der Waals surface area contributed by atoms with E-state index in [1.807, 2.05) is 4.68 Å². The van der Waals surface area contributed by atoms with Crippen LogP contribution in [0.25, 0.3) is 0 Å². The summed E-state index contributed by atoms with van der Waals surface area (Å²) >= 11 is 0. The molecular weight excluding hydrogens is 204 g/mol. The molecule has 5 nitrogen and oxygen atoms in total. The van der Waals surface area contributed by atoms with Crippen molar-refractivity contribution in [3.8, 4) is 0 Å². The number of hydrogen-bond acceptors (Lipinski definition) is 4. The van der Waals surface area contributed by atoms with E-state index in [0.29, 0.717) is 12.6 Å². The van der Waals surface area contributed by atoms with Gasteiger partial charge in [-0.3, -0.25) is 0 Å². The summed E-state index contributed by atoms with van der Waals surface area (Å²) in [5, 5.41) is 8.02. The topological polar surface area (TPSA) is 65.1 Å². The van der Waals surface area contributed by atoms with Crippen LogP contribution in [0.5, 0.6) is 0 Å². The molecular formula is C11H18N4O. The number of nitrogen functional groups attached to an aromatic ring is 1. The Morgan fingerprint density at radius 2 is 2.19 bits per heavy atom. The van der Waals surface area contributed by atoms with Crippen LogP contribution in [0.15, 0.2) is 0 Å². The number of nitrogens with zero attached hydrogens (tertiary/aromatic N) is 2. The summed E-state index contributed by atoms with van der Waals surface area (Å²) in [6, 6.07) is 0.465. The third-order valence-electron chi connectivity index (χ3n) is 3.52. The van der Waals surface area contributed by atoms with E-state index in [1.54, 1.807) is 0 Å². The lowest BCUT2D eigenvalue weighted by Gasteiger charge is -2.23. The van der Waals surface area contributed by atoms with E-state index in [1.165, 1.54) is 0 Å². The lowest BCUT2D eigenvalue weighted by molar-refractivity contribution is 0.110. The molecule has 1 fully saturated rings. The van der Waals surface area contributed by atoms with Crippen LogP contribution in [0.1, 0.15) is 30.1 Å². The zero-order valence-corrected chi connectivity index (χ0v) is 9.41. The summed E-state index contributed by atoms with van der Waals surface area (Å²) < 4.78 is 7.46. The smallest absolute Gasteiger partial charge is 0.127 e. The molecule has 0 atom stereocenters. The summed E-state index contributed by atoms with van der Waals surface area (Å²) in [5.74, 6) is 0.821. The van der Waals surface area contributed by atoms with Crippen molar-refractivity contribution in [1.82, 2.24) is 15.1 Å². The lowest BCUT2D eigenvalue weighted by Crippen LogP contribution is -2.30. The number of nitrogens with one attached hydrogen (secondary N) is 1. The standard InChI is InChI=1S/C11H18N4O/c12-11-9-7-16-6-3-10(9)14-15(11)8-1-4-13-5-2-8/h8,13H,1-7,12H2. The molecule has 3 heterocycles. The van der Waals surface area contributed by atoms with Crippen LogP contribution < -0.4 is 11.1 Å². The van der Waals surface area contributed by atoms with Gasteiger partial charge in [-0.05, 0) is 25.9 Å². The lowest BCUT2D eigenvalue weighted by atomic mass is 10.1. The molecule has 0 bridgehead atoms. The Balaban J connectivity index is 1.91. The third-order valence-corrected chi connectivity index (χ3v) is 3.52. The van der Waals surface area contributed by atoms with Crippen molar-refractivity contribution >= 4 is 5.82 Å². The summed E-state index contributed by atoms with van der Waals surface area (Å²) in [6.07, 6.45) is 3.13. The normalized spacial score (nSPS) is 22.0. The Bertz CT molecular complexity index is 382. The Morgan fingerprint density at radius 1 is 1.38 bits per heavy atom. The van der Waals surface area contributed by atoms with Gasteiger partial charge in [0.1, 0.15) is 5.82 Å². The van der Waals surface area contributed by atoms with E-state index >= 15 is 0 Å². The summed E-state index contributed by atoms with van der Waals surface area (Å²) in [5.41, 5.74) is 8.41. The fraction of sp³-hybridized carbons (Fsp3) is 0.727. The minimum absolute atomic E-state index is 0.465. The molecule has 1 saturated heterocycles. The molecule has 0 aliphatic carbocycles. The summed E-state index contributed by atoms with van der Waals surface area (Å²) in [6.45, 7) is 3.53. The predicted molar refractivity (Wildman–Crippen MR) is 61.1 cm³/mol. The number of ether oxygens (including phenoxy) is 1. The number of anilines is 1. The van der Waals surface area contributed by atoms with Crippen molar-refractivity contribution in [1.29, 1.82) is 0 Å². The van der Waals surface area contributed by atoms with Gasteiger partial charge in [0, 0.05) is 12.0 Å². The Labute approximate surface area is 94.9 Å². The average molecular weight is 222 g/mol. The maximum atomic E-state index is 6.16. The highest BCUT2D eigenvalue weighted by Gasteiger charge is 2.24. The average Bonchev–Trinajstić information content (AvgIpc) is 2.69. The second-order valence-corrected chi connectivity index (χ2v) is 4.54. The molecule has 3 N–H and O–H groups in total. The van der Waals surface area contributed by atoms with Gasteiger partial charge >= 0.3 is 0 Å². The molecule has 2 aliphatic heterocycles. The molecule has 16 heavy (non-hydrogen) atoms. The highest BCUT2D eigenvalue weighted by atomic mass is 16.5. The second-order valence-electron chi connectivity index (χ2n) is 4.54. The van der Waals surface area contributed by atoms with E-state index in [-0.39, 0.29) is 0 Å². The molecule has 2 aliphatic rings. The molecule has 0 aromatic carbocycles. The number of fused-ring (bicyclic) bond motifs is 1. The first-order valence-corrected chi connectivity index (χ1v) is 6.00. The van der Waals surface area contributed by atoms with Crippen molar-refractivity contribution < 1.29 is 4.74 Å². The molecule has 0 saturated carbocycles. The van der Waals surface area contributed by atoms with Crippen LogP contribution >= 0.6 is 0 Å². The maximum absolute atomic E-state index is 6.16. The Hall–Kier alpha value is -1.07. The van der Waals surface area contributed by atoms with Crippen LogP contribution in [0.2, 0.25) is 0 Å². The van der Waals surface area contributed by atoms with E-state index in [9.17, 15) is 0 Å². The fourth-order valence-corrected chi connectivity index (χ4v) is 2.56. The summed E-state index contributed by atoms with van der Waals surface area (Å²) in [4.78, 5) is 0. The van der Waals surface area contributed by atoms with Crippen LogP contribution in [0, 0.1) is 0 Å². The number of aromatic nitrogens is 2. The number of nitrogens with two attached hydrogens (primary N) is 1. The van der Waals surface area contributed by atoms with Crippen LogP contribution in [-0.2, 0) is 17.8 Å². The number of rotatable bonds is 1. The van der Waals surface area contributed by atoms with Gasteiger partial charge in [0.15, 0.2) is 0 Å². The minimum Gasteiger partial charge on any atom is -0.384 e. The molecule has 3 rings (SSSR count). The Kier molecular flexibility index (Phi) is 2.57. The molecule has 0 spiro atoms. The first kappa shape index (κ1) is 10.1. The molecule has 1 aromatic heterocycles. The van der Waals surface area contributed by atoms with Gasteiger partial charge in [-0.1, -0.05) is 0 Å². The van der Waals surface area contributed by atoms with E-state index in [2.05, 4.69) is 10.4 Å². The summed E-state index contributed by atoms with van der Waals surface area (Å²) in [7, 11) is 0. The van der Waals surface area contributed by atoms with Gasteiger partial charge in [0.2, 0.25) is 0 Å². The monoisotopic (exact) mass is 222 g/mol. The Morgan fingerprint density at radius 3 is 2.94 bits per heavy atom. The zero-order valence-electron chi connectivity index (χ0n) is 9.41. The highest BCUT2D eigenvalue weighted by molar-refractivity contribution is 5.44. The quantitative estimate of drug-likeness (QED) is 0.724. The largest absolute Gasteiger partial charge is 0.384 e. The molecule has 1 aromatic rings. The minimum atomic E-state index is 0.465. The first-order valence-electron chi connectivity index (χ1n) is 6.00. The number of piperidine rings is 1. The van der Waals surface area contributed by atoms with Crippen molar-refractivity contribution in [2.45, 2.75) is 31.9 Å². The maximum Gasteiger partial charge on any atom is 0.127 e.